The summed E-state index contributed by atoms with van der Waals surface area (Å²) in [5.41, 5.74) is 1.05. The Kier molecular flexibility index (Phi) is 3.48. The highest BCUT2D eigenvalue weighted by Gasteiger charge is 2.04. The summed E-state index contributed by atoms with van der Waals surface area (Å²) in [5, 5.41) is 9.00. The van der Waals surface area contributed by atoms with Gasteiger partial charge in [-0.25, -0.2) is 0 Å². The van der Waals surface area contributed by atoms with Crippen molar-refractivity contribution in [2.45, 2.75) is 13.0 Å². The molecule has 1 aromatic rings. The van der Waals surface area contributed by atoms with Crippen LogP contribution in [0, 0.1) is 0 Å². The number of hydrogen-bond donors (Lipinski definition) is 1. The summed E-state index contributed by atoms with van der Waals surface area (Å²) in [4.78, 5) is 4.14. The molecule has 1 atom stereocenters. The van der Waals surface area contributed by atoms with E-state index in [1.54, 1.807) is 6.21 Å². The maximum atomic E-state index is 9.00. The van der Waals surface area contributed by atoms with Crippen molar-refractivity contribution in [3.8, 4) is 0 Å². The van der Waals surface area contributed by atoms with Crippen molar-refractivity contribution < 1.29 is 5.11 Å². The molecule has 1 N–H and O–H groups in total. The van der Waals surface area contributed by atoms with Crippen LogP contribution in [0.5, 0.6) is 0 Å². The second kappa shape index (κ2) is 4.67. The Bertz CT molecular complexity index is 243. The lowest BCUT2D eigenvalue weighted by Crippen LogP contribution is -2.00. The lowest BCUT2D eigenvalue weighted by Gasteiger charge is -2.07. The topological polar surface area (TPSA) is 32.6 Å². The van der Waals surface area contributed by atoms with Gasteiger partial charge in [0.1, 0.15) is 0 Å². The van der Waals surface area contributed by atoms with Crippen LogP contribution < -0.4 is 0 Å². The first kappa shape index (κ1) is 8.94. The average Bonchev–Trinajstić information content (AvgIpc) is 2.15. The van der Waals surface area contributed by atoms with Gasteiger partial charge in [0.05, 0.1) is 12.6 Å². The number of aliphatic imine (C=N–C) groups is 1. The second-order valence-corrected chi connectivity index (χ2v) is 2.52. The predicted molar refractivity (Wildman–Crippen MR) is 50.4 cm³/mol. The third-order valence-electron chi connectivity index (χ3n) is 1.69. The highest BCUT2D eigenvalue weighted by molar-refractivity contribution is 5.54. The zero-order valence-electron chi connectivity index (χ0n) is 7.14. The fourth-order valence-corrected chi connectivity index (χ4v) is 1.09. The molecular weight excluding hydrogens is 150 g/mol. The third kappa shape index (κ3) is 2.17. The predicted octanol–water partition coefficient (Wildman–Crippen LogP) is 1.81. The van der Waals surface area contributed by atoms with Crippen molar-refractivity contribution in [1.82, 2.24) is 0 Å². The molecule has 0 aliphatic heterocycles. The van der Waals surface area contributed by atoms with E-state index < -0.39 is 0 Å². The van der Waals surface area contributed by atoms with Crippen LogP contribution in [-0.4, -0.2) is 17.9 Å². The van der Waals surface area contributed by atoms with E-state index in [1.165, 1.54) is 0 Å². The molecule has 1 rings (SSSR count). The van der Waals surface area contributed by atoms with Gasteiger partial charge >= 0.3 is 0 Å². The number of aliphatic hydroxyl groups excluding tert-OH is 1. The molecule has 0 bridgehead atoms. The van der Waals surface area contributed by atoms with E-state index in [0.29, 0.717) is 0 Å². The zero-order chi connectivity index (χ0) is 8.81. The molecule has 0 aromatic heterocycles. The molecule has 0 aliphatic rings. The van der Waals surface area contributed by atoms with Crippen molar-refractivity contribution >= 4 is 6.21 Å². The summed E-state index contributed by atoms with van der Waals surface area (Å²) in [5.74, 6) is 0. The molecule has 0 spiro atoms. The molecule has 0 saturated carbocycles. The first-order chi connectivity index (χ1) is 5.88. The van der Waals surface area contributed by atoms with Gasteiger partial charge in [0.15, 0.2) is 0 Å². The second-order valence-electron chi connectivity index (χ2n) is 2.52. The fraction of sp³-hybridized carbons (Fsp3) is 0.300. The van der Waals surface area contributed by atoms with E-state index in [2.05, 4.69) is 4.99 Å². The highest BCUT2D eigenvalue weighted by Crippen LogP contribution is 2.14. The van der Waals surface area contributed by atoms with Gasteiger partial charge < -0.3 is 5.11 Å². The quantitative estimate of drug-likeness (QED) is 0.677. The molecular formula is C10H13NO. The summed E-state index contributed by atoms with van der Waals surface area (Å²) >= 11 is 0. The molecule has 1 unspecified atom stereocenters. The van der Waals surface area contributed by atoms with E-state index in [1.807, 2.05) is 37.3 Å². The van der Waals surface area contributed by atoms with Gasteiger partial charge in [0, 0.05) is 0 Å². The number of benzene rings is 1. The van der Waals surface area contributed by atoms with Crippen molar-refractivity contribution in [2.24, 2.45) is 4.99 Å². The first-order valence-electron chi connectivity index (χ1n) is 4.02. The van der Waals surface area contributed by atoms with E-state index in [4.69, 9.17) is 5.11 Å². The Morgan fingerprint density at radius 1 is 1.42 bits per heavy atom. The SMILES string of the molecule is CC=NC(CO)c1ccccc1. The summed E-state index contributed by atoms with van der Waals surface area (Å²) in [6.07, 6.45) is 1.72. The Labute approximate surface area is 72.6 Å². The summed E-state index contributed by atoms with van der Waals surface area (Å²) in [6, 6.07) is 9.68. The number of rotatable bonds is 3. The molecule has 0 amide bonds. The standard InChI is InChI=1S/C10H13NO/c1-2-11-10(8-12)9-6-4-3-5-7-9/h2-7,10,12H,8H2,1H3. The highest BCUT2D eigenvalue weighted by atomic mass is 16.3. The smallest absolute Gasteiger partial charge is 0.0975 e. The number of nitrogens with zero attached hydrogens (tertiary/aromatic N) is 1. The maximum absolute atomic E-state index is 9.00. The fourth-order valence-electron chi connectivity index (χ4n) is 1.09. The van der Waals surface area contributed by atoms with Crippen molar-refractivity contribution in [3.63, 3.8) is 0 Å². The van der Waals surface area contributed by atoms with Gasteiger partial charge in [0.25, 0.3) is 0 Å². The molecule has 2 nitrogen and oxygen atoms in total. The van der Waals surface area contributed by atoms with Crippen LogP contribution in [0.2, 0.25) is 0 Å². The van der Waals surface area contributed by atoms with Crippen LogP contribution in [0.3, 0.4) is 0 Å². The van der Waals surface area contributed by atoms with Crippen LogP contribution in [0.1, 0.15) is 18.5 Å². The summed E-state index contributed by atoms with van der Waals surface area (Å²) in [6.45, 7) is 1.92. The normalized spacial score (nSPS) is 13.5. The van der Waals surface area contributed by atoms with Crippen molar-refractivity contribution in [1.29, 1.82) is 0 Å². The average molecular weight is 163 g/mol. The largest absolute Gasteiger partial charge is 0.394 e. The van der Waals surface area contributed by atoms with E-state index >= 15 is 0 Å². The Morgan fingerprint density at radius 3 is 2.58 bits per heavy atom. The molecule has 0 saturated heterocycles. The van der Waals surface area contributed by atoms with Gasteiger partial charge in [-0.1, -0.05) is 30.3 Å². The molecule has 2 heteroatoms. The minimum atomic E-state index is -0.101. The lowest BCUT2D eigenvalue weighted by atomic mass is 10.1. The number of aliphatic hydroxyl groups is 1. The van der Waals surface area contributed by atoms with E-state index in [-0.39, 0.29) is 12.6 Å². The van der Waals surface area contributed by atoms with Crippen LogP contribution >= 0.6 is 0 Å². The van der Waals surface area contributed by atoms with Crippen molar-refractivity contribution in [3.05, 3.63) is 35.9 Å². The van der Waals surface area contributed by atoms with Gasteiger partial charge in [-0.3, -0.25) is 4.99 Å². The first-order valence-corrected chi connectivity index (χ1v) is 4.02. The van der Waals surface area contributed by atoms with Crippen LogP contribution in [0.15, 0.2) is 35.3 Å². The molecule has 64 valence electrons. The monoisotopic (exact) mass is 163 g/mol. The summed E-state index contributed by atoms with van der Waals surface area (Å²) < 4.78 is 0. The molecule has 0 fully saturated rings. The van der Waals surface area contributed by atoms with Crippen LogP contribution in [-0.2, 0) is 0 Å². The zero-order valence-corrected chi connectivity index (χ0v) is 7.14. The van der Waals surface area contributed by atoms with Gasteiger partial charge in [0.2, 0.25) is 0 Å². The van der Waals surface area contributed by atoms with E-state index in [9.17, 15) is 0 Å². The molecule has 0 heterocycles. The minimum absolute atomic E-state index is 0.0638. The Hall–Kier alpha value is -1.15. The van der Waals surface area contributed by atoms with Gasteiger partial charge in [-0.05, 0) is 18.7 Å². The van der Waals surface area contributed by atoms with E-state index in [0.717, 1.165) is 5.56 Å². The third-order valence-corrected chi connectivity index (χ3v) is 1.69. The van der Waals surface area contributed by atoms with Crippen molar-refractivity contribution in [2.75, 3.05) is 6.61 Å². The molecule has 0 aliphatic carbocycles. The van der Waals surface area contributed by atoms with Gasteiger partial charge in [-0.15, -0.1) is 0 Å². The maximum Gasteiger partial charge on any atom is 0.0975 e. The lowest BCUT2D eigenvalue weighted by molar-refractivity contribution is 0.269. The van der Waals surface area contributed by atoms with Gasteiger partial charge in [-0.2, -0.15) is 0 Å². The molecule has 1 aromatic carbocycles. The molecule has 0 radical (unpaired) electrons. The minimum Gasteiger partial charge on any atom is -0.394 e. The Balaban J connectivity index is 2.80. The number of hydrogen-bond acceptors (Lipinski definition) is 2. The van der Waals surface area contributed by atoms with Crippen LogP contribution in [0.25, 0.3) is 0 Å². The Morgan fingerprint density at radius 2 is 2.08 bits per heavy atom. The molecule has 12 heavy (non-hydrogen) atoms. The van der Waals surface area contributed by atoms with Crippen LogP contribution in [0.4, 0.5) is 0 Å². The summed E-state index contributed by atoms with van der Waals surface area (Å²) in [7, 11) is 0.